The van der Waals surface area contributed by atoms with Crippen molar-refractivity contribution >= 4 is 15.9 Å². The van der Waals surface area contributed by atoms with Gasteiger partial charge in [-0.2, -0.15) is 0 Å². The first kappa shape index (κ1) is 14.5. The lowest BCUT2D eigenvalue weighted by atomic mass is 10.1. The molecule has 0 aliphatic heterocycles. The van der Waals surface area contributed by atoms with Crippen LogP contribution in [0.25, 0.3) is 0 Å². The molecule has 0 heterocycles. The van der Waals surface area contributed by atoms with Gasteiger partial charge < -0.3 is 14.8 Å². The summed E-state index contributed by atoms with van der Waals surface area (Å²) < 4.78 is 11.8. The summed E-state index contributed by atoms with van der Waals surface area (Å²) in [5.41, 5.74) is 1.17. The van der Waals surface area contributed by atoms with Gasteiger partial charge in [-0.15, -0.1) is 0 Å². The first-order chi connectivity index (χ1) is 8.19. The highest BCUT2D eigenvalue weighted by Crippen LogP contribution is 2.28. The lowest BCUT2D eigenvalue weighted by Gasteiger charge is -2.16. The molecule has 1 rings (SSSR count). The Hall–Kier alpha value is -0.580. The number of benzene rings is 1. The van der Waals surface area contributed by atoms with E-state index in [1.807, 2.05) is 19.2 Å². The summed E-state index contributed by atoms with van der Waals surface area (Å²) in [7, 11) is 3.65. The van der Waals surface area contributed by atoms with Crippen molar-refractivity contribution in [3.8, 4) is 5.75 Å². The van der Waals surface area contributed by atoms with Gasteiger partial charge in [0.25, 0.3) is 0 Å². The summed E-state index contributed by atoms with van der Waals surface area (Å²) in [6.45, 7) is 3.52. The molecule has 0 radical (unpaired) electrons. The fourth-order valence-electron chi connectivity index (χ4n) is 1.53. The van der Waals surface area contributed by atoms with Crippen LogP contribution >= 0.6 is 15.9 Å². The summed E-state index contributed by atoms with van der Waals surface area (Å²) in [5, 5.41) is 3.22. The molecule has 0 amide bonds. The van der Waals surface area contributed by atoms with Crippen molar-refractivity contribution in [1.29, 1.82) is 0 Å². The van der Waals surface area contributed by atoms with Gasteiger partial charge in [-0.1, -0.05) is 22.0 Å². The Morgan fingerprint density at radius 1 is 1.35 bits per heavy atom. The maximum absolute atomic E-state index is 5.79. The Kier molecular flexibility index (Phi) is 6.55. The van der Waals surface area contributed by atoms with Crippen LogP contribution in [0, 0.1) is 0 Å². The number of ether oxygens (including phenoxy) is 2. The van der Waals surface area contributed by atoms with Crippen LogP contribution in [0.4, 0.5) is 0 Å². The van der Waals surface area contributed by atoms with E-state index in [0.29, 0.717) is 6.61 Å². The second kappa shape index (κ2) is 7.69. The molecule has 1 N–H and O–H groups in total. The first-order valence-corrected chi connectivity index (χ1v) is 6.56. The van der Waals surface area contributed by atoms with Crippen LogP contribution < -0.4 is 10.1 Å². The van der Waals surface area contributed by atoms with E-state index in [0.717, 1.165) is 23.2 Å². The number of rotatable bonds is 7. The molecular formula is C13H20BrNO2. The molecule has 3 nitrogen and oxygen atoms in total. The van der Waals surface area contributed by atoms with E-state index < -0.39 is 0 Å². The average Bonchev–Trinajstić information content (AvgIpc) is 2.34. The van der Waals surface area contributed by atoms with Gasteiger partial charge in [0.05, 0.1) is 6.61 Å². The topological polar surface area (TPSA) is 30.5 Å². The highest BCUT2D eigenvalue weighted by Gasteiger charge is 2.10. The van der Waals surface area contributed by atoms with E-state index >= 15 is 0 Å². The maximum Gasteiger partial charge on any atom is 0.125 e. The van der Waals surface area contributed by atoms with Crippen LogP contribution in [0.2, 0.25) is 0 Å². The molecule has 1 aromatic rings. The SMILES string of the molecule is CNC(C)c1ccc(Br)cc1OCCCOC. The molecule has 17 heavy (non-hydrogen) atoms. The van der Waals surface area contributed by atoms with Crippen molar-refractivity contribution in [2.24, 2.45) is 0 Å². The van der Waals surface area contributed by atoms with Crippen LogP contribution in [0.15, 0.2) is 22.7 Å². The molecule has 0 aliphatic rings. The van der Waals surface area contributed by atoms with Gasteiger partial charge in [-0.05, 0) is 26.1 Å². The third-order valence-electron chi connectivity index (χ3n) is 2.63. The third kappa shape index (κ3) is 4.66. The minimum Gasteiger partial charge on any atom is -0.493 e. The van der Waals surface area contributed by atoms with Crippen LogP contribution in [-0.2, 0) is 4.74 Å². The maximum atomic E-state index is 5.79. The summed E-state index contributed by atoms with van der Waals surface area (Å²) in [5.74, 6) is 0.928. The van der Waals surface area contributed by atoms with Crippen molar-refractivity contribution in [2.75, 3.05) is 27.4 Å². The number of methoxy groups -OCH3 is 1. The number of hydrogen-bond donors (Lipinski definition) is 1. The summed E-state index contributed by atoms with van der Waals surface area (Å²) in [6.07, 6.45) is 0.899. The van der Waals surface area contributed by atoms with E-state index in [1.54, 1.807) is 7.11 Å². The van der Waals surface area contributed by atoms with Crippen LogP contribution in [0.1, 0.15) is 24.9 Å². The Morgan fingerprint density at radius 2 is 2.12 bits per heavy atom. The van der Waals surface area contributed by atoms with Crippen LogP contribution in [-0.4, -0.2) is 27.4 Å². The Labute approximate surface area is 112 Å². The number of halogens is 1. The Balaban J connectivity index is 2.69. The summed E-state index contributed by atoms with van der Waals surface area (Å²) in [6, 6.07) is 6.40. The molecule has 0 aliphatic carbocycles. The zero-order valence-electron chi connectivity index (χ0n) is 10.6. The molecule has 1 atom stereocenters. The Bertz CT molecular complexity index is 344. The van der Waals surface area contributed by atoms with Gasteiger partial charge in [0.1, 0.15) is 5.75 Å². The molecule has 4 heteroatoms. The molecule has 0 spiro atoms. The quantitative estimate of drug-likeness (QED) is 0.785. The largest absolute Gasteiger partial charge is 0.493 e. The van der Waals surface area contributed by atoms with Gasteiger partial charge in [-0.3, -0.25) is 0 Å². The van der Waals surface area contributed by atoms with E-state index in [1.165, 1.54) is 5.56 Å². The minimum atomic E-state index is 0.278. The lowest BCUT2D eigenvalue weighted by molar-refractivity contribution is 0.171. The van der Waals surface area contributed by atoms with E-state index in [9.17, 15) is 0 Å². The van der Waals surface area contributed by atoms with E-state index in [-0.39, 0.29) is 6.04 Å². The Morgan fingerprint density at radius 3 is 2.76 bits per heavy atom. The van der Waals surface area contributed by atoms with Gasteiger partial charge in [0, 0.05) is 36.2 Å². The second-order valence-electron chi connectivity index (χ2n) is 3.89. The van der Waals surface area contributed by atoms with Gasteiger partial charge in [0.2, 0.25) is 0 Å². The molecule has 0 fully saturated rings. The van der Waals surface area contributed by atoms with Gasteiger partial charge in [0.15, 0.2) is 0 Å². The van der Waals surface area contributed by atoms with Crippen molar-refractivity contribution in [1.82, 2.24) is 5.32 Å². The van der Waals surface area contributed by atoms with Gasteiger partial charge >= 0.3 is 0 Å². The number of nitrogens with one attached hydrogen (secondary N) is 1. The molecule has 0 bridgehead atoms. The predicted molar refractivity (Wildman–Crippen MR) is 73.6 cm³/mol. The molecule has 1 unspecified atom stereocenters. The predicted octanol–water partition coefficient (Wildman–Crippen LogP) is 3.14. The highest BCUT2D eigenvalue weighted by atomic mass is 79.9. The molecule has 96 valence electrons. The van der Waals surface area contributed by atoms with Crippen molar-refractivity contribution in [3.05, 3.63) is 28.2 Å². The van der Waals surface area contributed by atoms with Crippen molar-refractivity contribution in [2.45, 2.75) is 19.4 Å². The smallest absolute Gasteiger partial charge is 0.125 e. The normalized spacial score (nSPS) is 12.5. The van der Waals surface area contributed by atoms with E-state index in [4.69, 9.17) is 9.47 Å². The monoisotopic (exact) mass is 301 g/mol. The van der Waals surface area contributed by atoms with Crippen molar-refractivity contribution < 1.29 is 9.47 Å². The molecule has 0 saturated carbocycles. The summed E-state index contributed by atoms with van der Waals surface area (Å²) in [4.78, 5) is 0. The third-order valence-corrected chi connectivity index (χ3v) is 3.12. The average molecular weight is 302 g/mol. The van der Waals surface area contributed by atoms with Crippen molar-refractivity contribution in [3.63, 3.8) is 0 Å². The fraction of sp³-hybridized carbons (Fsp3) is 0.538. The van der Waals surface area contributed by atoms with Crippen LogP contribution in [0.5, 0.6) is 5.75 Å². The molecular weight excluding hydrogens is 282 g/mol. The minimum absolute atomic E-state index is 0.278. The van der Waals surface area contributed by atoms with Crippen LogP contribution in [0.3, 0.4) is 0 Å². The zero-order chi connectivity index (χ0) is 12.7. The molecule has 1 aromatic carbocycles. The first-order valence-electron chi connectivity index (χ1n) is 5.77. The number of hydrogen-bond acceptors (Lipinski definition) is 3. The van der Waals surface area contributed by atoms with Gasteiger partial charge in [-0.25, -0.2) is 0 Å². The molecule has 0 saturated heterocycles. The molecule has 0 aromatic heterocycles. The standard InChI is InChI=1S/C13H20BrNO2/c1-10(15-2)12-6-5-11(14)9-13(12)17-8-4-7-16-3/h5-6,9-10,15H,4,7-8H2,1-3H3. The lowest BCUT2D eigenvalue weighted by Crippen LogP contribution is -2.14. The van der Waals surface area contributed by atoms with E-state index in [2.05, 4.69) is 34.2 Å². The summed E-state index contributed by atoms with van der Waals surface area (Å²) >= 11 is 3.46. The zero-order valence-corrected chi connectivity index (χ0v) is 12.2. The fourth-order valence-corrected chi connectivity index (χ4v) is 1.87. The highest BCUT2D eigenvalue weighted by molar-refractivity contribution is 9.10. The second-order valence-corrected chi connectivity index (χ2v) is 4.80.